The largest absolute Gasteiger partial charge is 0.377 e. The van der Waals surface area contributed by atoms with E-state index >= 15 is 0 Å². The van der Waals surface area contributed by atoms with Crippen molar-refractivity contribution in [2.75, 3.05) is 45.2 Å². The molecular weight excluding hydrogens is 328 g/mol. The van der Waals surface area contributed by atoms with Gasteiger partial charge in [0.05, 0.1) is 23.3 Å². The number of nitrogens with zero attached hydrogens (tertiary/aromatic N) is 4. The van der Waals surface area contributed by atoms with Gasteiger partial charge in [0.1, 0.15) is 0 Å². The van der Waals surface area contributed by atoms with Gasteiger partial charge in [-0.1, -0.05) is 24.3 Å². The highest BCUT2D eigenvalue weighted by Gasteiger charge is 2.30. The predicted molar refractivity (Wildman–Crippen MR) is 94.4 cm³/mol. The van der Waals surface area contributed by atoms with Crippen molar-refractivity contribution < 1.29 is 8.42 Å². The zero-order valence-corrected chi connectivity index (χ0v) is 14.5. The van der Waals surface area contributed by atoms with Crippen LogP contribution in [0.1, 0.15) is 0 Å². The van der Waals surface area contributed by atoms with Crippen LogP contribution in [0.4, 0.5) is 5.69 Å². The fraction of sp³-hybridized carbons (Fsp3) is 0.375. The summed E-state index contributed by atoms with van der Waals surface area (Å²) >= 11 is 0. The molecule has 0 amide bonds. The van der Waals surface area contributed by atoms with Crippen molar-refractivity contribution in [3.05, 3.63) is 41.3 Å². The number of piperazine rings is 1. The van der Waals surface area contributed by atoms with E-state index in [-0.39, 0.29) is 13.1 Å². The molecule has 0 radical (unpaired) electrons. The Labute approximate surface area is 141 Å². The average molecular weight is 348 g/mol. The molecule has 0 N–H and O–H groups in total. The van der Waals surface area contributed by atoms with Gasteiger partial charge in [0.2, 0.25) is 10.0 Å². The zero-order chi connectivity index (χ0) is 17.3. The molecule has 24 heavy (non-hydrogen) atoms. The van der Waals surface area contributed by atoms with Crippen molar-refractivity contribution in [1.82, 2.24) is 9.31 Å². The van der Waals surface area contributed by atoms with Gasteiger partial charge >= 0.3 is 0 Å². The van der Waals surface area contributed by atoms with Gasteiger partial charge < -0.3 is 4.90 Å². The third kappa shape index (κ3) is 2.83. The van der Waals surface area contributed by atoms with Gasteiger partial charge in [-0.25, -0.2) is 8.42 Å². The Bertz CT molecular complexity index is 859. The summed E-state index contributed by atoms with van der Waals surface area (Å²) in [5.41, 5.74) is 0.972. The Morgan fingerprint density at radius 1 is 0.958 bits per heavy atom. The van der Waals surface area contributed by atoms with Gasteiger partial charge in [-0.2, -0.15) is 4.31 Å². The summed E-state index contributed by atoms with van der Waals surface area (Å²) in [6.45, 7) is 1.16. The van der Waals surface area contributed by atoms with E-state index in [0.717, 1.165) is 11.1 Å². The van der Waals surface area contributed by atoms with Crippen LogP contribution in [-0.4, -0.2) is 58.0 Å². The summed E-state index contributed by atoms with van der Waals surface area (Å²) in [6, 6.07) is 11.0. The van der Waals surface area contributed by atoms with E-state index in [1.54, 1.807) is 12.1 Å². The van der Waals surface area contributed by atoms with Crippen molar-refractivity contribution in [1.29, 1.82) is 0 Å². The maximum atomic E-state index is 13.1. The molecule has 1 fully saturated rings. The van der Waals surface area contributed by atoms with Crippen LogP contribution in [0.5, 0.6) is 0 Å². The summed E-state index contributed by atoms with van der Waals surface area (Å²) in [5, 5.41) is 5.83. The lowest BCUT2D eigenvalue weighted by atomic mass is 10.1. The molecule has 0 unspecified atom stereocenters. The second-order valence-corrected chi connectivity index (χ2v) is 7.87. The third-order valence-electron chi connectivity index (χ3n) is 4.29. The van der Waals surface area contributed by atoms with Crippen molar-refractivity contribution in [2.24, 2.45) is 5.29 Å². The van der Waals surface area contributed by atoms with Crippen LogP contribution in [0.3, 0.4) is 0 Å². The van der Waals surface area contributed by atoms with Gasteiger partial charge in [-0.3, -0.25) is 5.01 Å². The first-order chi connectivity index (χ1) is 11.4. The highest BCUT2D eigenvalue weighted by Crippen LogP contribution is 2.31. The van der Waals surface area contributed by atoms with Gasteiger partial charge in [0, 0.05) is 43.6 Å². The number of benzene rings is 2. The summed E-state index contributed by atoms with van der Waals surface area (Å²) in [7, 11) is 0.246. The third-order valence-corrected chi connectivity index (χ3v) is 6.25. The average Bonchev–Trinajstić information content (AvgIpc) is 2.60. The van der Waals surface area contributed by atoms with Crippen LogP contribution < -0.4 is 4.90 Å². The number of hydrogen-bond donors (Lipinski definition) is 0. The molecule has 1 saturated heterocycles. The Hall–Kier alpha value is -2.19. The molecule has 1 heterocycles. The number of fused-ring (bicyclic) bond motifs is 1. The van der Waals surface area contributed by atoms with Crippen LogP contribution >= 0.6 is 0 Å². The molecule has 0 aromatic heterocycles. The minimum absolute atomic E-state index is 0.262. The number of sulfonamides is 1. The maximum Gasteiger partial charge on any atom is 0.243 e. The Kier molecular flexibility index (Phi) is 4.42. The first-order valence-corrected chi connectivity index (χ1v) is 9.16. The minimum atomic E-state index is -3.62. The molecular formula is C16H20N4O3S. The molecule has 7 nitrogen and oxygen atoms in total. The molecule has 128 valence electrons. The Morgan fingerprint density at radius 3 is 2.21 bits per heavy atom. The van der Waals surface area contributed by atoms with Crippen LogP contribution in [0, 0.1) is 4.91 Å². The fourth-order valence-corrected chi connectivity index (χ4v) is 4.65. The SMILES string of the molecule is CN(C)c1cccc2c(S(=O)(=O)N3CCN(N=O)CC3)cccc12. The van der Waals surface area contributed by atoms with Gasteiger partial charge in [0.25, 0.3) is 0 Å². The molecule has 1 aliphatic rings. The van der Waals surface area contributed by atoms with E-state index in [1.165, 1.54) is 9.31 Å². The molecule has 1 aliphatic heterocycles. The van der Waals surface area contributed by atoms with Crippen molar-refractivity contribution in [3.63, 3.8) is 0 Å². The van der Waals surface area contributed by atoms with Crippen molar-refractivity contribution in [2.45, 2.75) is 4.90 Å². The topological polar surface area (TPSA) is 73.3 Å². The van der Waals surface area contributed by atoms with E-state index in [0.29, 0.717) is 23.4 Å². The quantitative estimate of drug-likeness (QED) is 0.789. The monoisotopic (exact) mass is 348 g/mol. The summed E-state index contributed by atoms with van der Waals surface area (Å²) in [6.07, 6.45) is 0. The van der Waals surface area contributed by atoms with Crippen LogP contribution in [0.25, 0.3) is 10.8 Å². The fourth-order valence-electron chi connectivity index (χ4n) is 3.02. The second-order valence-electron chi connectivity index (χ2n) is 5.96. The lowest BCUT2D eigenvalue weighted by Crippen LogP contribution is -2.46. The molecule has 8 heteroatoms. The molecule has 0 bridgehead atoms. The molecule has 2 aromatic rings. The van der Waals surface area contributed by atoms with E-state index < -0.39 is 10.0 Å². The molecule has 3 rings (SSSR count). The highest BCUT2D eigenvalue weighted by molar-refractivity contribution is 7.89. The predicted octanol–water partition coefficient (Wildman–Crippen LogP) is 1.89. The number of rotatable bonds is 4. The number of nitroso groups, excluding NO2 is 1. The molecule has 0 aliphatic carbocycles. The van der Waals surface area contributed by atoms with Crippen LogP contribution in [-0.2, 0) is 10.0 Å². The number of anilines is 1. The Morgan fingerprint density at radius 2 is 1.58 bits per heavy atom. The summed E-state index contributed by atoms with van der Waals surface area (Å²) in [4.78, 5) is 12.8. The van der Waals surface area contributed by atoms with Crippen molar-refractivity contribution in [3.8, 4) is 0 Å². The smallest absolute Gasteiger partial charge is 0.243 e. The minimum Gasteiger partial charge on any atom is -0.377 e. The Balaban J connectivity index is 2.06. The van der Waals surface area contributed by atoms with Crippen LogP contribution in [0.2, 0.25) is 0 Å². The normalized spacial score (nSPS) is 16.3. The lowest BCUT2D eigenvalue weighted by Gasteiger charge is -2.30. The van der Waals surface area contributed by atoms with Gasteiger partial charge in [0.15, 0.2) is 0 Å². The maximum absolute atomic E-state index is 13.1. The van der Waals surface area contributed by atoms with E-state index in [9.17, 15) is 13.3 Å². The highest BCUT2D eigenvalue weighted by atomic mass is 32.2. The number of hydrogen-bond acceptors (Lipinski definition) is 5. The molecule has 2 aromatic carbocycles. The first kappa shape index (κ1) is 16.7. The zero-order valence-electron chi connectivity index (χ0n) is 13.7. The second kappa shape index (κ2) is 6.37. The van der Waals surface area contributed by atoms with Crippen molar-refractivity contribution >= 4 is 26.5 Å². The molecule has 0 spiro atoms. The summed E-state index contributed by atoms with van der Waals surface area (Å²) < 4.78 is 27.5. The first-order valence-electron chi connectivity index (χ1n) is 7.72. The molecule has 0 saturated carbocycles. The van der Waals surface area contributed by atoms with Gasteiger partial charge in [-0.15, -0.1) is 4.91 Å². The standard InChI is InChI=1S/C16H20N4O3S/c1-18(2)15-7-3-6-14-13(15)5-4-8-16(14)24(22,23)20-11-9-19(17-21)10-12-20/h3-8H,9-12H2,1-2H3. The van der Waals surface area contributed by atoms with E-state index in [1.807, 2.05) is 43.3 Å². The lowest BCUT2D eigenvalue weighted by molar-refractivity contribution is 0.192. The molecule has 0 atom stereocenters. The van der Waals surface area contributed by atoms with Gasteiger partial charge in [-0.05, 0) is 12.1 Å². The van der Waals surface area contributed by atoms with Crippen LogP contribution in [0.15, 0.2) is 46.6 Å². The van der Waals surface area contributed by atoms with E-state index in [2.05, 4.69) is 5.29 Å². The van der Waals surface area contributed by atoms with E-state index in [4.69, 9.17) is 0 Å². The summed E-state index contributed by atoms with van der Waals surface area (Å²) in [5.74, 6) is 0.